The van der Waals surface area contributed by atoms with Crippen LogP contribution in [-0.2, 0) is 14.4 Å². The van der Waals surface area contributed by atoms with Crippen LogP contribution in [0.4, 0.5) is 0 Å². The molecule has 5 heteroatoms. The number of hydrogen-bond acceptors (Lipinski definition) is 3. The molecular weight excluding hydrogens is 193 g/mol. The first kappa shape index (κ1) is 15.5. The second-order valence-electron chi connectivity index (χ2n) is 1.96. The molecule has 0 aromatic carbocycles. The molecule has 0 heterocycles. The molecular formula is C9H10NNaO3. The number of nitrogens with zero attached hydrogens (tertiary/aromatic N) is 1. The van der Waals surface area contributed by atoms with Gasteiger partial charge >= 0.3 is 29.6 Å². The van der Waals surface area contributed by atoms with Gasteiger partial charge in [-0.25, -0.2) is 4.90 Å². The fourth-order valence-corrected chi connectivity index (χ4v) is 0.600. The van der Waals surface area contributed by atoms with E-state index in [1.807, 2.05) is 0 Å². The van der Waals surface area contributed by atoms with Gasteiger partial charge in [0, 0.05) is 0 Å². The fourth-order valence-electron chi connectivity index (χ4n) is 0.600. The summed E-state index contributed by atoms with van der Waals surface area (Å²) >= 11 is 0. The van der Waals surface area contributed by atoms with E-state index in [2.05, 4.69) is 19.7 Å². The first-order valence-electron chi connectivity index (χ1n) is 3.37. The molecule has 0 unspecified atom stereocenters. The van der Waals surface area contributed by atoms with E-state index in [0.29, 0.717) is 4.90 Å². The maximum Gasteiger partial charge on any atom is 1.00 e. The Hall–Kier alpha value is -0.970. The van der Waals surface area contributed by atoms with Crippen LogP contribution in [0.15, 0.2) is 38.0 Å². The molecule has 0 spiro atoms. The molecule has 0 aliphatic carbocycles. The van der Waals surface area contributed by atoms with E-state index < -0.39 is 17.7 Å². The monoisotopic (exact) mass is 203 g/mol. The van der Waals surface area contributed by atoms with Crippen LogP contribution in [0.25, 0.3) is 0 Å². The Kier molecular flexibility index (Phi) is 8.23. The number of carbonyl (C=O) groups excluding carboxylic acids is 3. The van der Waals surface area contributed by atoms with E-state index in [0.717, 1.165) is 18.2 Å². The summed E-state index contributed by atoms with van der Waals surface area (Å²) in [7, 11) is 0. The minimum absolute atomic E-state index is 0. The van der Waals surface area contributed by atoms with E-state index in [-0.39, 0.29) is 31.0 Å². The van der Waals surface area contributed by atoms with Gasteiger partial charge in [0.25, 0.3) is 17.7 Å². The van der Waals surface area contributed by atoms with Gasteiger partial charge in [0.05, 0.1) is 0 Å². The molecule has 0 atom stereocenters. The van der Waals surface area contributed by atoms with Gasteiger partial charge in [0.1, 0.15) is 0 Å². The van der Waals surface area contributed by atoms with Crippen molar-refractivity contribution in [2.75, 3.05) is 0 Å². The third-order valence-electron chi connectivity index (χ3n) is 1.19. The van der Waals surface area contributed by atoms with Crippen molar-refractivity contribution >= 4 is 17.7 Å². The van der Waals surface area contributed by atoms with Gasteiger partial charge in [0.15, 0.2) is 0 Å². The molecule has 0 aromatic rings. The predicted octanol–water partition coefficient (Wildman–Crippen LogP) is -2.46. The van der Waals surface area contributed by atoms with Crippen molar-refractivity contribution in [3.8, 4) is 0 Å². The first-order chi connectivity index (χ1) is 6.08. The van der Waals surface area contributed by atoms with Gasteiger partial charge in [-0.05, 0) is 18.2 Å². The Morgan fingerprint density at radius 1 is 0.857 bits per heavy atom. The van der Waals surface area contributed by atoms with E-state index in [4.69, 9.17) is 0 Å². The smallest absolute Gasteiger partial charge is 1.00 e. The quantitative estimate of drug-likeness (QED) is 0.378. The largest absolute Gasteiger partial charge is 1.00 e. The number of hydrogen-bond donors (Lipinski definition) is 0. The standard InChI is InChI=1S/C9H9NO3.Na.H/c1-4-7(11)10(8(12)5-2)9(13)6-3;;/h4-6H,1-3H2;;/q;+1;-1. The van der Waals surface area contributed by atoms with Crippen molar-refractivity contribution in [1.82, 2.24) is 4.90 Å². The Balaban J connectivity index is -0.000000720. The zero-order valence-electron chi connectivity index (χ0n) is 9.03. The van der Waals surface area contributed by atoms with E-state index in [9.17, 15) is 14.4 Å². The van der Waals surface area contributed by atoms with Crippen LogP contribution in [0.1, 0.15) is 1.43 Å². The molecule has 3 amide bonds. The SMILES string of the molecule is C=CC(=O)N(C(=O)C=C)C(=O)C=C.[H-].[Na+]. The molecule has 0 rings (SSSR count). The third-order valence-corrected chi connectivity index (χ3v) is 1.19. The number of imide groups is 3. The van der Waals surface area contributed by atoms with Gasteiger partial charge < -0.3 is 1.43 Å². The van der Waals surface area contributed by atoms with E-state index in [1.165, 1.54) is 0 Å². The molecule has 0 saturated heterocycles. The van der Waals surface area contributed by atoms with Crippen molar-refractivity contribution in [2.24, 2.45) is 0 Å². The van der Waals surface area contributed by atoms with Gasteiger partial charge in [-0.2, -0.15) is 0 Å². The topological polar surface area (TPSA) is 54.5 Å². The fraction of sp³-hybridized carbons (Fsp3) is 0. The van der Waals surface area contributed by atoms with Crippen LogP contribution in [0.3, 0.4) is 0 Å². The van der Waals surface area contributed by atoms with Crippen LogP contribution in [0.2, 0.25) is 0 Å². The minimum atomic E-state index is -0.796. The molecule has 70 valence electrons. The first-order valence-corrected chi connectivity index (χ1v) is 3.37. The van der Waals surface area contributed by atoms with Crippen molar-refractivity contribution in [3.05, 3.63) is 38.0 Å². The van der Waals surface area contributed by atoms with Crippen molar-refractivity contribution < 1.29 is 45.4 Å². The molecule has 0 aliphatic heterocycles. The molecule has 0 aliphatic rings. The Morgan fingerprint density at radius 2 is 1.07 bits per heavy atom. The normalized spacial score (nSPS) is 7.71. The molecule has 4 nitrogen and oxygen atoms in total. The summed E-state index contributed by atoms with van der Waals surface area (Å²) < 4.78 is 0. The third kappa shape index (κ3) is 3.83. The summed E-state index contributed by atoms with van der Waals surface area (Å²) in [5.74, 6) is -2.39. The van der Waals surface area contributed by atoms with Gasteiger partial charge in [0.2, 0.25) is 0 Å². The molecule has 0 radical (unpaired) electrons. The van der Waals surface area contributed by atoms with Crippen molar-refractivity contribution in [2.45, 2.75) is 0 Å². The molecule has 0 N–H and O–H groups in total. The maximum absolute atomic E-state index is 11.0. The Labute approximate surface area is 106 Å². The van der Waals surface area contributed by atoms with Crippen LogP contribution in [0, 0.1) is 0 Å². The van der Waals surface area contributed by atoms with E-state index in [1.54, 1.807) is 0 Å². The predicted molar refractivity (Wildman–Crippen MR) is 48.6 cm³/mol. The van der Waals surface area contributed by atoms with Crippen LogP contribution >= 0.6 is 0 Å². The van der Waals surface area contributed by atoms with Crippen LogP contribution in [-0.4, -0.2) is 22.6 Å². The van der Waals surface area contributed by atoms with Crippen LogP contribution in [0.5, 0.6) is 0 Å². The Bertz CT molecular complexity index is 254. The summed E-state index contributed by atoms with van der Waals surface area (Å²) in [6.45, 7) is 9.45. The summed E-state index contributed by atoms with van der Waals surface area (Å²) in [5, 5.41) is 0. The number of rotatable bonds is 3. The summed E-state index contributed by atoms with van der Waals surface area (Å²) in [4.78, 5) is 33.3. The zero-order valence-corrected chi connectivity index (χ0v) is 10.0. The Morgan fingerprint density at radius 3 is 1.21 bits per heavy atom. The van der Waals surface area contributed by atoms with Gasteiger partial charge in [-0.1, -0.05) is 19.7 Å². The van der Waals surface area contributed by atoms with Crippen molar-refractivity contribution in [3.63, 3.8) is 0 Å². The molecule has 0 fully saturated rings. The second-order valence-corrected chi connectivity index (χ2v) is 1.96. The summed E-state index contributed by atoms with van der Waals surface area (Å²) in [6.07, 6.45) is 2.59. The second kappa shape index (κ2) is 7.44. The molecule has 0 aromatic heterocycles. The van der Waals surface area contributed by atoms with Crippen molar-refractivity contribution in [1.29, 1.82) is 0 Å². The summed E-state index contributed by atoms with van der Waals surface area (Å²) in [6, 6.07) is 0. The number of amides is 3. The minimum Gasteiger partial charge on any atom is -1.00 e. The molecule has 0 bridgehead atoms. The van der Waals surface area contributed by atoms with Gasteiger partial charge in [-0.3, -0.25) is 14.4 Å². The molecule has 14 heavy (non-hydrogen) atoms. The molecule has 0 saturated carbocycles. The van der Waals surface area contributed by atoms with Gasteiger partial charge in [-0.15, -0.1) is 0 Å². The van der Waals surface area contributed by atoms with Crippen LogP contribution < -0.4 is 29.6 Å². The maximum atomic E-state index is 11.0. The number of carbonyl (C=O) groups is 3. The summed E-state index contributed by atoms with van der Waals surface area (Å²) in [5.41, 5.74) is 0. The van der Waals surface area contributed by atoms with E-state index >= 15 is 0 Å². The zero-order chi connectivity index (χ0) is 10.4. The average Bonchev–Trinajstić information content (AvgIpc) is 2.16. The average molecular weight is 203 g/mol.